The molecule has 0 aromatic carbocycles. The predicted molar refractivity (Wildman–Crippen MR) is 68.2 cm³/mol. The second-order valence-electron chi connectivity index (χ2n) is 4.34. The molecule has 4 heteroatoms. The van der Waals surface area contributed by atoms with Gasteiger partial charge in [0.2, 0.25) is 0 Å². The van der Waals surface area contributed by atoms with Gasteiger partial charge in [-0.3, -0.25) is 0 Å². The van der Waals surface area contributed by atoms with Crippen LogP contribution < -0.4 is 5.32 Å². The SMILES string of the molecule is Cc1c[nH]c(C)c1COC1CCNCC1.Cl. The average Bonchev–Trinajstić information content (AvgIpc) is 2.58. The lowest BCUT2D eigenvalue weighted by molar-refractivity contribution is 0.0208. The van der Waals surface area contributed by atoms with E-state index in [2.05, 4.69) is 30.3 Å². The molecular weight excluding hydrogens is 224 g/mol. The van der Waals surface area contributed by atoms with Crippen molar-refractivity contribution >= 4 is 12.4 Å². The second kappa shape index (κ2) is 6.28. The van der Waals surface area contributed by atoms with Gasteiger partial charge in [-0.2, -0.15) is 0 Å². The zero-order valence-corrected chi connectivity index (χ0v) is 10.8. The Morgan fingerprint density at radius 2 is 2.00 bits per heavy atom. The van der Waals surface area contributed by atoms with Crippen LogP contribution in [0.2, 0.25) is 0 Å². The van der Waals surface area contributed by atoms with Gasteiger partial charge in [0, 0.05) is 17.5 Å². The zero-order chi connectivity index (χ0) is 10.7. The van der Waals surface area contributed by atoms with Gasteiger partial charge in [0.1, 0.15) is 0 Å². The molecule has 0 bridgehead atoms. The Bertz CT molecular complexity index is 299. The molecule has 1 aromatic heterocycles. The summed E-state index contributed by atoms with van der Waals surface area (Å²) in [4.78, 5) is 3.23. The van der Waals surface area contributed by atoms with Gasteiger partial charge in [-0.15, -0.1) is 12.4 Å². The Kier molecular flexibility index (Phi) is 5.32. The standard InChI is InChI=1S/C12H20N2O.ClH/c1-9-7-14-10(2)12(9)8-15-11-3-5-13-6-4-11;/h7,11,13-14H,3-6,8H2,1-2H3;1H. The number of hydrogen-bond donors (Lipinski definition) is 2. The Hall–Kier alpha value is -0.510. The molecule has 1 fully saturated rings. The molecule has 0 aliphatic carbocycles. The Morgan fingerprint density at radius 1 is 1.31 bits per heavy atom. The number of hydrogen-bond acceptors (Lipinski definition) is 2. The second-order valence-corrected chi connectivity index (χ2v) is 4.34. The van der Waals surface area contributed by atoms with Crippen molar-refractivity contribution in [1.82, 2.24) is 10.3 Å². The van der Waals surface area contributed by atoms with Gasteiger partial charge < -0.3 is 15.0 Å². The molecule has 16 heavy (non-hydrogen) atoms. The first-order valence-electron chi connectivity index (χ1n) is 5.73. The van der Waals surface area contributed by atoms with E-state index in [1.54, 1.807) is 0 Å². The van der Waals surface area contributed by atoms with Gasteiger partial charge in [-0.1, -0.05) is 0 Å². The number of rotatable bonds is 3. The quantitative estimate of drug-likeness (QED) is 0.856. The summed E-state index contributed by atoms with van der Waals surface area (Å²) in [6.07, 6.45) is 4.78. The van der Waals surface area contributed by atoms with Crippen molar-refractivity contribution in [2.75, 3.05) is 13.1 Å². The number of aromatic nitrogens is 1. The van der Waals surface area contributed by atoms with Crippen LogP contribution in [0.3, 0.4) is 0 Å². The van der Waals surface area contributed by atoms with Crippen molar-refractivity contribution in [2.24, 2.45) is 0 Å². The van der Waals surface area contributed by atoms with Gasteiger partial charge in [0.15, 0.2) is 0 Å². The minimum Gasteiger partial charge on any atom is -0.373 e. The minimum absolute atomic E-state index is 0. The van der Waals surface area contributed by atoms with Crippen molar-refractivity contribution in [1.29, 1.82) is 0 Å². The third kappa shape index (κ3) is 3.24. The van der Waals surface area contributed by atoms with Crippen molar-refractivity contribution in [3.8, 4) is 0 Å². The first kappa shape index (κ1) is 13.6. The highest BCUT2D eigenvalue weighted by molar-refractivity contribution is 5.85. The van der Waals surface area contributed by atoms with Crippen LogP contribution in [0, 0.1) is 13.8 Å². The van der Waals surface area contributed by atoms with Crippen LogP contribution in [0.25, 0.3) is 0 Å². The molecule has 2 rings (SSSR count). The first-order valence-corrected chi connectivity index (χ1v) is 5.73. The normalized spacial score (nSPS) is 17.1. The van der Waals surface area contributed by atoms with Crippen LogP contribution in [0.5, 0.6) is 0 Å². The van der Waals surface area contributed by atoms with Crippen LogP contribution in [-0.4, -0.2) is 24.2 Å². The predicted octanol–water partition coefficient (Wildman–Crippen LogP) is 2.32. The minimum atomic E-state index is 0. The number of halogens is 1. The lowest BCUT2D eigenvalue weighted by Gasteiger charge is -2.23. The summed E-state index contributed by atoms with van der Waals surface area (Å²) in [5.74, 6) is 0. The summed E-state index contributed by atoms with van der Waals surface area (Å²) in [5.41, 5.74) is 3.87. The Morgan fingerprint density at radius 3 is 2.56 bits per heavy atom. The maximum atomic E-state index is 5.93. The molecular formula is C12H21ClN2O. The molecule has 0 amide bonds. The molecule has 1 saturated heterocycles. The summed E-state index contributed by atoms with van der Waals surface area (Å²) in [6, 6.07) is 0. The van der Waals surface area contributed by atoms with E-state index in [0.29, 0.717) is 6.10 Å². The van der Waals surface area contributed by atoms with E-state index in [1.165, 1.54) is 16.8 Å². The van der Waals surface area contributed by atoms with E-state index >= 15 is 0 Å². The molecule has 0 radical (unpaired) electrons. The van der Waals surface area contributed by atoms with Crippen molar-refractivity contribution in [2.45, 2.75) is 39.4 Å². The average molecular weight is 245 g/mol. The fraction of sp³-hybridized carbons (Fsp3) is 0.667. The van der Waals surface area contributed by atoms with Crippen LogP contribution in [0.1, 0.15) is 29.7 Å². The largest absolute Gasteiger partial charge is 0.373 e. The summed E-state index contributed by atoms with van der Waals surface area (Å²) < 4.78 is 5.93. The molecule has 1 aliphatic heterocycles. The number of ether oxygens (including phenoxy) is 1. The molecule has 3 nitrogen and oxygen atoms in total. The summed E-state index contributed by atoms with van der Waals surface area (Å²) in [6.45, 7) is 7.18. The van der Waals surface area contributed by atoms with Crippen LogP contribution >= 0.6 is 12.4 Å². The zero-order valence-electron chi connectivity index (χ0n) is 10.0. The fourth-order valence-electron chi connectivity index (χ4n) is 2.07. The summed E-state index contributed by atoms with van der Waals surface area (Å²) >= 11 is 0. The maximum Gasteiger partial charge on any atom is 0.0740 e. The van der Waals surface area contributed by atoms with Crippen molar-refractivity contribution in [3.63, 3.8) is 0 Å². The highest BCUT2D eigenvalue weighted by atomic mass is 35.5. The van der Waals surface area contributed by atoms with E-state index in [9.17, 15) is 0 Å². The van der Waals surface area contributed by atoms with E-state index in [1.807, 2.05) is 0 Å². The topological polar surface area (TPSA) is 37.0 Å². The van der Waals surface area contributed by atoms with Crippen LogP contribution in [-0.2, 0) is 11.3 Å². The highest BCUT2D eigenvalue weighted by Gasteiger charge is 2.14. The molecule has 1 aromatic rings. The van der Waals surface area contributed by atoms with E-state index in [-0.39, 0.29) is 12.4 Å². The van der Waals surface area contributed by atoms with Crippen LogP contribution in [0.15, 0.2) is 6.20 Å². The van der Waals surface area contributed by atoms with Gasteiger partial charge in [0.05, 0.1) is 12.7 Å². The summed E-state index contributed by atoms with van der Waals surface area (Å²) in [7, 11) is 0. The Labute approximate surface area is 103 Å². The van der Waals surface area contributed by atoms with Gasteiger partial charge in [-0.25, -0.2) is 0 Å². The maximum absolute atomic E-state index is 5.93. The third-order valence-electron chi connectivity index (χ3n) is 3.18. The lowest BCUT2D eigenvalue weighted by Crippen LogP contribution is -2.32. The van der Waals surface area contributed by atoms with E-state index < -0.39 is 0 Å². The molecule has 0 saturated carbocycles. The fourth-order valence-corrected chi connectivity index (χ4v) is 2.07. The molecule has 2 heterocycles. The molecule has 2 N–H and O–H groups in total. The van der Waals surface area contributed by atoms with E-state index in [4.69, 9.17) is 4.74 Å². The number of aromatic amines is 1. The van der Waals surface area contributed by atoms with Gasteiger partial charge in [-0.05, 0) is 45.3 Å². The number of aryl methyl sites for hydroxylation is 2. The van der Waals surface area contributed by atoms with E-state index in [0.717, 1.165) is 32.5 Å². The highest BCUT2D eigenvalue weighted by Crippen LogP contribution is 2.16. The molecule has 0 spiro atoms. The molecule has 1 aliphatic rings. The summed E-state index contributed by atoms with van der Waals surface area (Å²) in [5, 5.41) is 3.34. The number of H-pyrrole nitrogens is 1. The number of nitrogens with one attached hydrogen (secondary N) is 2. The molecule has 92 valence electrons. The number of piperidine rings is 1. The molecule has 0 atom stereocenters. The van der Waals surface area contributed by atoms with Gasteiger partial charge >= 0.3 is 0 Å². The monoisotopic (exact) mass is 244 g/mol. The van der Waals surface area contributed by atoms with Crippen molar-refractivity contribution in [3.05, 3.63) is 23.0 Å². The van der Waals surface area contributed by atoms with Gasteiger partial charge in [0.25, 0.3) is 0 Å². The third-order valence-corrected chi connectivity index (χ3v) is 3.18. The molecule has 0 unspecified atom stereocenters. The smallest absolute Gasteiger partial charge is 0.0740 e. The van der Waals surface area contributed by atoms with Crippen molar-refractivity contribution < 1.29 is 4.74 Å². The Balaban J connectivity index is 0.00000128. The van der Waals surface area contributed by atoms with Crippen LogP contribution in [0.4, 0.5) is 0 Å². The lowest BCUT2D eigenvalue weighted by atomic mass is 10.1. The first-order chi connectivity index (χ1) is 7.27.